The average Bonchev–Trinajstić information content (AvgIpc) is 3.20. The second-order valence-corrected chi connectivity index (χ2v) is 11.0. The Morgan fingerprint density at radius 1 is 1.17 bits per heavy atom. The molecule has 6 rings (SSSR count). The van der Waals surface area contributed by atoms with Crippen molar-refractivity contribution in [2.75, 3.05) is 7.11 Å². The summed E-state index contributed by atoms with van der Waals surface area (Å²) >= 11 is 0. The van der Waals surface area contributed by atoms with E-state index in [1.807, 2.05) is 0 Å². The summed E-state index contributed by atoms with van der Waals surface area (Å²) in [4.78, 5) is 37.4. The summed E-state index contributed by atoms with van der Waals surface area (Å²) < 4.78 is 17.9. The zero-order chi connectivity index (χ0) is 21.1. The van der Waals surface area contributed by atoms with E-state index in [1.54, 1.807) is 6.08 Å². The zero-order valence-corrected chi connectivity index (χ0v) is 18.0. The van der Waals surface area contributed by atoms with Crippen LogP contribution >= 0.6 is 0 Å². The fraction of sp³-hybridized carbons (Fsp3) is 0.792. The number of rotatable bonds is 1. The van der Waals surface area contributed by atoms with Gasteiger partial charge in [0.15, 0.2) is 5.78 Å². The number of hydrogen-bond acceptors (Lipinski definition) is 6. The number of fused-ring (bicyclic) bond motifs is 4. The van der Waals surface area contributed by atoms with Gasteiger partial charge in [-0.05, 0) is 50.5 Å². The normalized spacial score (nSPS) is 53.2. The minimum absolute atomic E-state index is 0.0303. The highest BCUT2D eigenvalue weighted by atomic mass is 16.6. The van der Waals surface area contributed by atoms with Gasteiger partial charge in [0, 0.05) is 29.6 Å². The lowest BCUT2D eigenvalue weighted by Crippen LogP contribution is -2.63. The van der Waals surface area contributed by atoms with Gasteiger partial charge in [0.1, 0.15) is 11.2 Å². The van der Waals surface area contributed by atoms with Crippen LogP contribution in [0.3, 0.4) is 0 Å². The number of carbonyl (C=O) groups excluding carboxylic acids is 3. The SMILES string of the molecule is COC(=O)[C@@H]1CC2=CC(=O)CCC2(C)C23O[C@@H]2CC2(C)C(CC[C@@]24CCC(=O)O4)C13. The standard InChI is InChI=1S/C24H30O6/c1-21-7-4-14(25)10-13(21)11-15(20(27)28-3)19-16-5-8-23(9-6-18(26)30-23)22(16,2)12-17-24(19,21)29-17/h10,15-17,19H,4-9,11-12H2,1-3H3/t15-,16?,17-,19?,21?,22?,23-,24?/m1/s1. The topological polar surface area (TPSA) is 82.2 Å². The van der Waals surface area contributed by atoms with Gasteiger partial charge in [-0.1, -0.05) is 19.4 Å². The van der Waals surface area contributed by atoms with Crippen LogP contribution in [0.1, 0.15) is 65.2 Å². The van der Waals surface area contributed by atoms with Gasteiger partial charge in [-0.15, -0.1) is 0 Å². The first-order valence-electron chi connectivity index (χ1n) is 11.4. The van der Waals surface area contributed by atoms with Gasteiger partial charge in [0.2, 0.25) is 0 Å². The van der Waals surface area contributed by atoms with Crippen molar-refractivity contribution in [3.05, 3.63) is 11.6 Å². The molecule has 3 saturated carbocycles. The van der Waals surface area contributed by atoms with Crippen LogP contribution in [0.15, 0.2) is 11.6 Å². The lowest BCUT2D eigenvalue weighted by molar-refractivity contribution is -0.172. The molecular formula is C24H30O6. The lowest BCUT2D eigenvalue weighted by Gasteiger charge is -2.58. The van der Waals surface area contributed by atoms with Gasteiger partial charge < -0.3 is 14.2 Å². The number of hydrogen-bond donors (Lipinski definition) is 0. The smallest absolute Gasteiger partial charge is 0.309 e. The minimum Gasteiger partial charge on any atom is -0.469 e. The monoisotopic (exact) mass is 414 g/mol. The quantitative estimate of drug-likeness (QED) is 0.484. The number of epoxide rings is 1. The van der Waals surface area contributed by atoms with Crippen molar-refractivity contribution in [3.63, 3.8) is 0 Å². The van der Waals surface area contributed by atoms with E-state index >= 15 is 0 Å². The number of ether oxygens (including phenoxy) is 3. The highest BCUT2D eigenvalue weighted by Gasteiger charge is 2.83. The fourth-order valence-electron chi connectivity index (χ4n) is 8.69. The second kappa shape index (κ2) is 5.56. The van der Waals surface area contributed by atoms with E-state index in [4.69, 9.17) is 14.2 Å². The molecule has 0 N–H and O–H groups in total. The average molecular weight is 414 g/mol. The molecule has 8 atom stereocenters. The Bertz CT molecular complexity index is 907. The number of methoxy groups -OCH3 is 1. The zero-order valence-electron chi connectivity index (χ0n) is 18.0. The highest BCUT2D eigenvalue weighted by Crippen LogP contribution is 2.78. The molecule has 4 aliphatic carbocycles. The minimum atomic E-state index is -0.424. The summed E-state index contributed by atoms with van der Waals surface area (Å²) in [7, 11) is 1.45. The van der Waals surface area contributed by atoms with Gasteiger partial charge in [0.05, 0.1) is 19.1 Å². The Morgan fingerprint density at radius 3 is 2.67 bits per heavy atom. The molecule has 6 nitrogen and oxygen atoms in total. The molecule has 0 amide bonds. The van der Waals surface area contributed by atoms with Gasteiger partial charge in [-0.3, -0.25) is 14.4 Å². The number of ketones is 1. The Morgan fingerprint density at radius 2 is 1.97 bits per heavy atom. The number of carbonyl (C=O) groups is 3. The molecule has 30 heavy (non-hydrogen) atoms. The van der Waals surface area contributed by atoms with E-state index in [0.29, 0.717) is 19.3 Å². The van der Waals surface area contributed by atoms with E-state index in [2.05, 4.69) is 13.8 Å². The Kier molecular flexibility index (Phi) is 3.53. The molecule has 2 saturated heterocycles. The molecule has 0 bridgehead atoms. The Hall–Kier alpha value is -1.69. The lowest BCUT2D eigenvalue weighted by atomic mass is 9.43. The van der Waals surface area contributed by atoms with Crippen molar-refractivity contribution >= 4 is 17.7 Å². The van der Waals surface area contributed by atoms with Crippen LogP contribution in [0, 0.1) is 28.6 Å². The van der Waals surface area contributed by atoms with Crippen LogP contribution in [0.4, 0.5) is 0 Å². The molecule has 0 radical (unpaired) electrons. The van der Waals surface area contributed by atoms with Gasteiger partial charge in [-0.2, -0.15) is 0 Å². The third-order valence-corrected chi connectivity index (χ3v) is 10.2. The first kappa shape index (κ1) is 19.0. The fourth-order valence-corrected chi connectivity index (χ4v) is 8.69. The second-order valence-electron chi connectivity index (χ2n) is 11.0. The maximum absolute atomic E-state index is 13.0. The van der Waals surface area contributed by atoms with Crippen molar-refractivity contribution < 1.29 is 28.6 Å². The third kappa shape index (κ3) is 1.94. The van der Waals surface area contributed by atoms with E-state index in [0.717, 1.165) is 37.7 Å². The summed E-state index contributed by atoms with van der Waals surface area (Å²) in [6.07, 6.45) is 7.61. The molecule has 5 unspecified atom stereocenters. The van der Waals surface area contributed by atoms with E-state index in [-0.39, 0.29) is 52.4 Å². The van der Waals surface area contributed by atoms with Gasteiger partial charge in [-0.25, -0.2) is 0 Å². The van der Waals surface area contributed by atoms with E-state index in [9.17, 15) is 14.4 Å². The molecule has 0 aromatic heterocycles. The molecule has 0 aromatic carbocycles. The predicted molar refractivity (Wildman–Crippen MR) is 105 cm³/mol. The van der Waals surface area contributed by atoms with E-state index in [1.165, 1.54) is 7.11 Å². The first-order chi connectivity index (χ1) is 14.2. The summed E-state index contributed by atoms with van der Waals surface area (Å²) in [5, 5.41) is 0. The molecule has 6 aliphatic rings. The Labute approximate surface area is 176 Å². The van der Waals surface area contributed by atoms with Crippen molar-refractivity contribution in [3.8, 4) is 0 Å². The van der Waals surface area contributed by atoms with Crippen LogP contribution in [0.2, 0.25) is 0 Å². The van der Waals surface area contributed by atoms with Crippen LogP contribution in [-0.4, -0.2) is 42.1 Å². The van der Waals surface area contributed by atoms with Crippen molar-refractivity contribution in [1.29, 1.82) is 0 Å². The predicted octanol–water partition coefficient (Wildman–Crippen LogP) is 3.12. The Balaban J connectivity index is 1.49. The summed E-state index contributed by atoms with van der Waals surface area (Å²) in [5.41, 5.74) is -0.175. The molecule has 0 aromatic rings. The van der Waals surface area contributed by atoms with Crippen molar-refractivity contribution in [2.45, 2.75) is 82.5 Å². The van der Waals surface area contributed by atoms with Crippen LogP contribution in [0.5, 0.6) is 0 Å². The maximum Gasteiger partial charge on any atom is 0.309 e. The summed E-state index contributed by atoms with van der Waals surface area (Å²) in [5.74, 6) is -0.201. The number of esters is 2. The van der Waals surface area contributed by atoms with Gasteiger partial charge in [0.25, 0.3) is 0 Å². The van der Waals surface area contributed by atoms with E-state index < -0.39 is 11.2 Å². The molecule has 162 valence electrons. The molecule has 2 aliphatic heterocycles. The summed E-state index contributed by atoms with van der Waals surface area (Å²) in [6, 6.07) is 0. The first-order valence-corrected chi connectivity index (χ1v) is 11.4. The van der Waals surface area contributed by atoms with Crippen LogP contribution in [-0.2, 0) is 28.6 Å². The van der Waals surface area contributed by atoms with Crippen LogP contribution in [0.25, 0.3) is 0 Å². The molecule has 2 spiro atoms. The summed E-state index contributed by atoms with van der Waals surface area (Å²) in [6.45, 7) is 4.51. The van der Waals surface area contributed by atoms with Crippen molar-refractivity contribution in [2.24, 2.45) is 28.6 Å². The molecular weight excluding hydrogens is 384 g/mol. The highest BCUT2D eigenvalue weighted by molar-refractivity contribution is 5.92. The molecule has 2 heterocycles. The molecule has 5 fully saturated rings. The molecule has 6 heteroatoms. The van der Waals surface area contributed by atoms with Crippen LogP contribution < -0.4 is 0 Å². The maximum atomic E-state index is 13.0. The third-order valence-electron chi connectivity index (χ3n) is 10.2. The largest absolute Gasteiger partial charge is 0.469 e. The van der Waals surface area contributed by atoms with Gasteiger partial charge >= 0.3 is 11.9 Å². The van der Waals surface area contributed by atoms with Crippen molar-refractivity contribution in [1.82, 2.24) is 0 Å².